The molecule has 27 heavy (non-hydrogen) atoms. The number of fused-ring (bicyclic) bond motifs is 1. The number of nitrogens with zero attached hydrogens (tertiary/aromatic N) is 1. The molecule has 0 radical (unpaired) electrons. The number of rotatable bonds is 1. The molecule has 1 aromatic carbocycles. The van der Waals surface area contributed by atoms with Crippen molar-refractivity contribution < 1.29 is 9.90 Å². The molecule has 1 aliphatic carbocycles. The average Bonchev–Trinajstić information content (AvgIpc) is 2.57. The maximum atomic E-state index is 13.0. The molecular weight excluding hydrogens is 346 g/mol. The van der Waals surface area contributed by atoms with Crippen LogP contribution in [0.15, 0.2) is 45.1 Å². The van der Waals surface area contributed by atoms with Crippen LogP contribution in [0.5, 0.6) is 5.75 Å². The molecule has 2 heterocycles. The normalized spacial score (nSPS) is 20.7. The Morgan fingerprint density at radius 2 is 1.78 bits per heavy atom. The van der Waals surface area contributed by atoms with E-state index in [1.807, 2.05) is 13.8 Å². The number of benzene rings is 1. The monoisotopic (exact) mass is 367 g/mol. The van der Waals surface area contributed by atoms with Crippen LogP contribution >= 0.6 is 0 Å². The molecule has 2 aliphatic rings. The largest absolute Gasteiger partial charge is 0.508 e. The summed E-state index contributed by atoms with van der Waals surface area (Å²) in [7, 11) is 1.58. The van der Waals surface area contributed by atoms with Gasteiger partial charge in [-0.05, 0) is 29.5 Å². The fourth-order valence-electron chi connectivity index (χ4n) is 4.13. The number of hydrogen-bond acceptors (Lipinski definition) is 5. The zero-order valence-corrected chi connectivity index (χ0v) is 15.4. The van der Waals surface area contributed by atoms with Gasteiger partial charge in [0.1, 0.15) is 11.6 Å². The highest BCUT2D eigenvalue weighted by Gasteiger charge is 2.42. The van der Waals surface area contributed by atoms with Crippen LogP contribution in [-0.2, 0) is 11.8 Å². The van der Waals surface area contributed by atoms with Gasteiger partial charge in [0, 0.05) is 30.7 Å². The summed E-state index contributed by atoms with van der Waals surface area (Å²) in [6.07, 6.45) is 1.03. The maximum absolute atomic E-state index is 13.0. The van der Waals surface area contributed by atoms with Crippen molar-refractivity contribution in [1.82, 2.24) is 9.55 Å². The first-order chi connectivity index (χ1) is 12.7. The van der Waals surface area contributed by atoms with Crippen molar-refractivity contribution in [2.24, 2.45) is 12.5 Å². The van der Waals surface area contributed by atoms with Crippen molar-refractivity contribution in [2.75, 3.05) is 5.32 Å². The number of anilines is 1. The number of aromatic nitrogens is 2. The maximum Gasteiger partial charge on any atom is 0.329 e. The summed E-state index contributed by atoms with van der Waals surface area (Å²) in [6.45, 7) is 4.05. The van der Waals surface area contributed by atoms with Crippen LogP contribution in [0.4, 0.5) is 5.82 Å². The van der Waals surface area contributed by atoms with Crippen LogP contribution in [0, 0.1) is 5.41 Å². The summed E-state index contributed by atoms with van der Waals surface area (Å²) in [5, 5.41) is 12.8. The molecular formula is C20H21N3O4. The van der Waals surface area contributed by atoms with Crippen molar-refractivity contribution in [1.29, 1.82) is 0 Å². The number of phenols is 1. The van der Waals surface area contributed by atoms with Crippen molar-refractivity contribution in [3.05, 3.63) is 67.5 Å². The SMILES string of the molecule is Cn1c2c(c(=O)[nH]c1=O)[C@@H](c1ccc(O)cc1)C1=C(CC(C)(C)CC1=O)N2. The lowest BCUT2D eigenvalue weighted by Gasteiger charge is -2.39. The van der Waals surface area contributed by atoms with Crippen LogP contribution in [0.2, 0.25) is 0 Å². The average molecular weight is 367 g/mol. The van der Waals surface area contributed by atoms with Crippen molar-refractivity contribution in [2.45, 2.75) is 32.6 Å². The molecule has 0 saturated carbocycles. The van der Waals surface area contributed by atoms with Gasteiger partial charge < -0.3 is 10.4 Å². The van der Waals surface area contributed by atoms with Crippen LogP contribution in [0.1, 0.15) is 43.7 Å². The second-order valence-corrected chi connectivity index (χ2v) is 8.06. The summed E-state index contributed by atoms with van der Waals surface area (Å²) in [4.78, 5) is 40.2. The fraction of sp³-hybridized carbons (Fsp3) is 0.350. The van der Waals surface area contributed by atoms with E-state index in [0.29, 0.717) is 29.8 Å². The number of hydrogen-bond donors (Lipinski definition) is 3. The van der Waals surface area contributed by atoms with E-state index < -0.39 is 17.2 Å². The Morgan fingerprint density at radius 3 is 2.44 bits per heavy atom. The van der Waals surface area contributed by atoms with E-state index in [1.165, 1.54) is 16.7 Å². The quantitative estimate of drug-likeness (QED) is 0.715. The number of aromatic hydroxyl groups is 1. The highest BCUT2D eigenvalue weighted by molar-refractivity contribution is 6.01. The Balaban J connectivity index is 2.04. The van der Waals surface area contributed by atoms with Gasteiger partial charge >= 0.3 is 5.69 Å². The first kappa shape index (κ1) is 17.3. The van der Waals surface area contributed by atoms with E-state index >= 15 is 0 Å². The minimum Gasteiger partial charge on any atom is -0.508 e. The van der Waals surface area contributed by atoms with Crippen LogP contribution in [0.3, 0.4) is 0 Å². The Kier molecular flexibility index (Phi) is 3.66. The van der Waals surface area contributed by atoms with Crippen molar-refractivity contribution in [3.63, 3.8) is 0 Å². The molecule has 0 spiro atoms. The van der Waals surface area contributed by atoms with E-state index in [1.54, 1.807) is 19.2 Å². The summed E-state index contributed by atoms with van der Waals surface area (Å²) >= 11 is 0. The molecule has 0 fully saturated rings. The third-order valence-electron chi connectivity index (χ3n) is 5.35. The van der Waals surface area contributed by atoms with Gasteiger partial charge in [-0.1, -0.05) is 26.0 Å². The summed E-state index contributed by atoms with van der Waals surface area (Å²) < 4.78 is 1.36. The molecule has 0 bridgehead atoms. The molecule has 0 amide bonds. The standard InChI is InChI=1S/C20H21N3O4/c1-20(2)8-12-15(13(25)9-20)14(10-4-6-11(24)7-5-10)16-17(21-12)23(3)19(27)22-18(16)26/h4-7,14,21,24H,8-9H2,1-3H3,(H,22,26,27)/t14-/m0/s1. The molecule has 1 aromatic heterocycles. The van der Waals surface area contributed by atoms with Crippen LogP contribution < -0.4 is 16.6 Å². The Morgan fingerprint density at radius 1 is 1.11 bits per heavy atom. The molecule has 1 atom stereocenters. The Labute approximate surface area is 155 Å². The molecule has 1 aliphatic heterocycles. The number of ketones is 1. The van der Waals surface area contributed by atoms with Crippen LogP contribution in [0.25, 0.3) is 0 Å². The zero-order valence-electron chi connectivity index (χ0n) is 15.4. The smallest absolute Gasteiger partial charge is 0.329 e. The summed E-state index contributed by atoms with van der Waals surface area (Å²) in [5.41, 5.74) is 1.15. The number of nitrogens with one attached hydrogen (secondary N) is 2. The first-order valence-corrected chi connectivity index (χ1v) is 8.83. The third kappa shape index (κ3) is 2.70. The number of aromatic amines is 1. The number of allylic oxidation sites excluding steroid dienone is 2. The topological polar surface area (TPSA) is 104 Å². The van der Waals surface area contributed by atoms with E-state index in [4.69, 9.17) is 0 Å². The number of phenolic OH excluding ortho intramolecular Hbond substituents is 1. The third-order valence-corrected chi connectivity index (χ3v) is 5.35. The summed E-state index contributed by atoms with van der Waals surface area (Å²) in [5.74, 6) is -0.0830. The number of carbonyl (C=O) groups excluding carboxylic acids is 1. The lowest BCUT2D eigenvalue weighted by atomic mass is 9.69. The number of Topliss-reactive ketones (excluding diaryl/α,β-unsaturated/α-hetero) is 1. The molecule has 0 saturated heterocycles. The lowest BCUT2D eigenvalue weighted by molar-refractivity contribution is -0.118. The van der Waals surface area contributed by atoms with E-state index in [2.05, 4.69) is 10.3 Å². The minimum absolute atomic E-state index is 0.00859. The molecule has 140 valence electrons. The van der Waals surface area contributed by atoms with Gasteiger partial charge in [-0.2, -0.15) is 0 Å². The number of H-pyrrole nitrogens is 1. The van der Waals surface area contributed by atoms with Gasteiger partial charge in [0.15, 0.2) is 5.78 Å². The van der Waals surface area contributed by atoms with Crippen molar-refractivity contribution in [3.8, 4) is 5.75 Å². The first-order valence-electron chi connectivity index (χ1n) is 8.83. The Hall–Kier alpha value is -3.09. The van der Waals surface area contributed by atoms with E-state index in [-0.39, 0.29) is 16.9 Å². The van der Waals surface area contributed by atoms with Gasteiger partial charge in [-0.25, -0.2) is 4.79 Å². The van der Waals surface area contributed by atoms with Gasteiger partial charge in [0.25, 0.3) is 5.56 Å². The predicted octanol–water partition coefficient (Wildman–Crippen LogP) is 1.98. The summed E-state index contributed by atoms with van der Waals surface area (Å²) in [6, 6.07) is 6.48. The lowest BCUT2D eigenvalue weighted by Crippen LogP contribution is -2.41. The van der Waals surface area contributed by atoms with Gasteiger partial charge in [-0.3, -0.25) is 19.1 Å². The van der Waals surface area contributed by atoms with Gasteiger partial charge in [-0.15, -0.1) is 0 Å². The van der Waals surface area contributed by atoms with Crippen molar-refractivity contribution >= 4 is 11.6 Å². The second kappa shape index (κ2) is 5.70. The highest BCUT2D eigenvalue weighted by atomic mass is 16.3. The predicted molar refractivity (Wildman–Crippen MR) is 101 cm³/mol. The number of carbonyl (C=O) groups is 1. The van der Waals surface area contributed by atoms with Gasteiger partial charge in [0.05, 0.1) is 5.56 Å². The van der Waals surface area contributed by atoms with E-state index in [9.17, 15) is 19.5 Å². The Bertz CT molecular complexity index is 1100. The fourth-order valence-corrected chi connectivity index (χ4v) is 4.13. The van der Waals surface area contributed by atoms with E-state index in [0.717, 1.165) is 11.3 Å². The molecule has 0 unspecified atom stereocenters. The molecule has 7 heteroatoms. The minimum atomic E-state index is -0.587. The van der Waals surface area contributed by atoms with Gasteiger partial charge in [0.2, 0.25) is 0 Å². The molecule has 3 N–H and O–H groups in total. The second-order valence-electron chi connectivity index (χ2n) is 8.06. The van der Waals surface area contributed by atoms with Crippen LogP contribution in [-0.4, -0.2) is 20.4 Å². The zero-order chi connectivity index (χ0) is 19.5. The molecule has 2 aromatic rings. The molecule has 4 rings (SSSR count). The molecule has 7 nitrogen and oxygen atoms in total. The highest BCUT2D eigenvalue weighted by Crippen LogP contribution is 2.47.